The summed E-state index contributed by atoms with van der Waals surface area (Å²) in [7, 11) is 0. The smallest absolute Gasteiger partial charge is 0.393 e. The van der Waals surface area contributed by atoms with Gasteiger partial charge < -0.3 is 15.5 Å². The van der Waals surface area contributed by atoms with E-state index in [1.165, 1.54) is 6.92 Å². The van der Waals surface area contributed by atoms with Crippen molar-refractivity contribution >= 4 is 5.91 Å². The fourth-order valence-corrected chi connectivity index (χ4v) is 0.755. The van der Waals surface area contributed by atoms with Crippen molar-refractivity contribution < 1.29 is 28.2 Å². The second-order valence-electron chi connectivity index (χ2n) is 3.25. The molecule has 0 radical (unpaired) electrons. The zero-order valence-corrected chi connectivity index (χ0v) is 8.21. The van der Waals surface area contributed by atoms with E-state index in [-0.39, 0.29) is 12.8 Å². The first-order valence-electron chi connectivity index (χ1n) is 4.43. The van der Waals surface area contributed by atoms with E-state index >= 15 is 0 Å². The van der Waals surface area contributed by atoms with Gasteiger partial charge in [0.05, 0.1) is 12.6 Å². The molecule has 7 heteroatoms. The minimum atomic E-state index is -4.72. The van der Waals surface area contributed by atoms with Crippen LogP contribution in [0.3, 0.4) is 0 Å². The molecule has 0 aliphatic carbocycles. The van der Waals surface area contributed by atoms with Gasteiger partial charge in [0.1, 0.15) is 0 Å². The molecular weight excluding hydrogens is 215 g/mol. The predicted molar refractivity (Wildman–Crippen MR) is 46.0 cm³/mol. The highest BCUT2D eigenvalue weighted by atomic mass is 19.4. The van der Waals surface area contributed by atoms with E-state index in [0.29, 0.717) is 0 Å². The lowest BCUT2D eigenvalue weighted by Gasteiger charge is -2.15. The average Bonchev–Trinajstić information content (AvgIpc) is 2.09. The quantitative estimate of drug-likeness (QED) is 0.630. The lowest BCUT2D eigenvalue weighted by atomic mass is 10.2. The van der Waals surface area contributed by atoms with Crippen molar-refractivity contribution in [3.05, 3.63) is 0 Å². The molecule has 0 spiro atoms. The minimum Gasteiger partial charge on any atom is -0.393 e. The van der Waals surface area contributed by atoms with Gasteiger partial charge in [-0.2, -0.15) is 13.2 Å². The Labute approximate surface area is 85.1 Å². The zero-order chi connectivity index (χ0) is 12.1. The van der Waals surface area contributed by atoms with Crippen LogP contribution in [0.1, 0.15) is 19.8 Å². The Morgan fingerprint density at radius 2 is 1.93 bits per heavy atom. The van der Waals surface area contributed by atoms with Gasteiger partial charge in [0.15, 0.2) is 6.10 Å². The highest BCUT2D eigenvalue weighted by molar-refractivity contribution is 5.75. The van der Waals surface area contributed by atoms with Crippen LogP contribution >= 0.6 is 0 Å². The van der Waals surface area contributed by atoms with E-state index < -0.39 is 30.8 Å². The van der Waals surface area contributed by atoms with E-state index in [2.05, 4.69) is 0 Å². The van der Waals surface area contributed by atoms with Crippen molar-refractivity contribution in [2.75, 3.05) is 6.54 Å². The number of halogens is 3. The number of amides is 1. The summed E-state index contributed by atoms with van der Waals surface area (Å²) in [6.07, 6.45) is -7.84. The van der Waals surface area contributed by atoms with Crippen LogP contribution in [0.5, 0.6) is 0 Å². The summed E-state index contributed by atoms with van der Waals surface area (Å²) in [6.45, 7) is 0.611. The van der Waals surface area contributed by atoms with Crippen LogP contribution in [0.15, 0.2) is 0 Å². The van der Waals surface area contributed by atoms with Crippen LogP contribution in [-0.4, -0.2) is 41.0 Å². The Morgan fingerprint density at radius 1 is 1.40 bits per heavy atom. The van der Waals surface area contributed by atoms with Crippen molar-refractivity contribution in [2.45, 2.75) is 38.1 Å². The molecule has 2 unspecified atom stereocenters. The first-order valence-corrected chi connectivity index (χ1v) is 4.43. The molecule has 0 saturated heterocycles. The summed E-state index contributed by atoms with van der Waals surface area (Å²) in [4.78, 5) is 10.9. The summed E-state index contributed by atoms with van der Waals surface area (Å²) < 4.78 is 35.3. The predicted octanol–water partition coefficient (Wildman–Crippen LogP) is 0.187. The number of nitrogens with one attached hydrogen (secondary N) is 1. The fourth-order valence-electron chi connectivity index (χ4n) is 0.755. The first kappa shape index (κ1) is 14.2. The zero-order valence-electron chi connectivity index (χ0n) is 8.21. The van der Waals surface area contributed by atoms with Gasteiger partial charge in [0.25, 0.3) is 0 Å². The van der Waals surface area contributed by atoms with Crippen molar-refractivity contribution in [3.8, 4) is 0 Å². The first-order chi connectivity index (χ1) is 6.73. The third-order valence-electron chi connectivity index (χ3n) is 1.66. The summed E-state index contributed by atoms with van der Waals surface area (Å²) in [5.41, 5.74) is 0. The normalized spacial score (nSPS) is 15.9. The van der Waals surface area contributed by atoms with E-state index in [1.54, 1.807) is 0 Å². The average molecular weight is 229 g/mol. The summed E-state index contributed by atoms with van der Waals surface area (Å²) in [6, 6.07) is 0. The molecular formula is C8H14F3NO3. The highest BCUT2D eigenvalue weighted by Crippen LogP contribution is 2.19. The van der Waals surface area contributed by atoms with Crippen LogP contribution in [0.2, 0.25) is 0 Å². The van der Waals surface area contributed by atoms with Crippen molar-refractivity contribution in [2.24, 2.45) is 0 Å². The van der Waals surface area contributed by atoms with Gasteiger partial charge in [-0.3, -0.25) is 4.79 Å². The number of hydrogen-bond donors (Lipinski definition) is 3. The lowest BCUT2D eigenvalue weighted by Crippen LogP contribution is -2.40. The maximum atomic E-state index is 11.8. The van der Waals surface area contributed by atoms with Gasteiger partial charge in [-0.1, -0.05) is 0 Å². The van der Waals surface area contributed by atoms with E-state index in [4.69, 9.17) is 10.2 Å². The molecule has 90 valence electrons. The number of aliphatic hydroxyl groups excluding tert-OH is 2. The molecule has 2 atom stereocenters. The monoisotopic (exact) mass is 229 g/mol. The number of aliphatic hydroxyl groups is 2. The van der Waals surface area contributed by atoms with Gasteiger partial charge in [-0.15, -0.1) is 0 Å². The number of carbonyl (C=O) groups excluding carboxylic acids is 1. The third-order valence-corrected chi connectivity index (χ3v) is 1.66. The Hall–Kier alpha value is -0.820. The molecule has 0 saturated carbocycles. The second kappa shape index (κ2) is 5.92. The fraction of sp³-hybridized carbons (Fsp3) is 0.875. The Balaban J connectivity index is 3.72. The molecule has 15 heavy (non-hydrogen) atoms. The van der Waals surface area contributed by atoms with Crippen LogP contribution in [0.25, 0.3) is 0 Å². The van der Waals surface area contributed by atoms with E-state index in [0.717, 1.165) is 0 Å². The number of hydrogen-bond acceptors (Lipinski definition) is 3. The minimum absolute atomic E-state index is 0.0672. The Bertz CT molecular complexity index is 206. The molecule has 0 heterocycles. The van der Waals surface area contributed by atoms with Crippen molar-refractivity contribution in [1.82, 2.24) is 5.32 Å². The van der Waals surface area contributed by atoms with Crippen molar-refractivity contribution in [1.29, 1.82) is 0 Å². The van der Waals surface area contributed by atoms with E-state index in [9.17, 15) is 18.0 Å². The van der Waals surface area contributed by atoms with Gasteiger partial charge in [0, 0.05) is 6.42 Å². The third kappa shape index (κ3) is 7.15. The van der Waals surface area contributed by atoms with Crippen LogP contribution in [0.4, 0.5) is 13.2 Å². The molecule has 0 aromatic heterocycles. The van der Waals surface area contributed by atoms with Gasteiger partial charge in [0.2, 0.25) is 5.91 Å². The standard InChI is InChI=1S/C8H14F3NO3/c1-5(13)2-3-7(15)12-4-6(14)8(9,10)11/h5-6,13-14H,2-4H2,1H3,(H,12,15). The SMILES string of the molecule is CC(O)CCC(=O)NCC(O)C(F)(F)F. The molecule has 4 nitrogen and oxygen atoms in total. The molecule has 0 bridgehead atoms. The molecule has 1 amide bonds. The summed E-state index contributed by atoms with van der Waals surface area (Å²) in [5, 5.41) is 19.2. The Morgan fingerprint density at radius 3 is 2.33 bits per heavy atom. The van der Waals surface area contributed by atoms with Crippen LogP contribution < -0.4 is 5.32 Å². The number of carbonyl (C=O) groups is 1. The number of rotatable bonds is 5. The molecule has 0 aromatic carbocycles. The summed E-state index contributed by atoms with van der Waals surface area (Å²) >= 11 is 0. The Kier molecular flexibility index (Phi) is 5.59. The molecule has 0 aliphatic heterocycles. The van der Waals surface area contributed by atoms with Crippen LogP contribution in [0, 0.1) is 0 Å². The van der Waals surface area contributed by atoms with Crippen LogP contribution in [-0.2, 0) is 4.79 Å². The molecule has 0 fully saturated rings. The van der Waals surface area contributed by atoms with Gasteiger partial charge in [-0.25, -0.2) is 0 Å². The maximum absolute atomic E-state index is 11.8. The van der Waals surface area contributed by atoms with E-state index in [1.807, 2.05) is 5.32 Å². The van der Waals surface area contributed by atoms with Gasteiger partial charge in [-0.05, 0) is 13.3 Å². The van der Waals surface area contributed by atoms with Crippen molar-refractivity contribution in [3.63, 3.8) is 0 Å². The molecule has 0 rings (SSSR count). The van der Waals surface area contributed by atoms with Gasteiger partial charge >= 0.3 is 6.18 Å². The highest BCUT2D eigenvalue weighted by Gasteiger charge is 2.38. The molecule has 0 aromatic rings. The molecule has 0 aliphatic rings. The number of alkyl halides is 3. The largest absolute Gasteiger partial charge is 0.416 e. The second-order valence-corrected chi connectivity index (χ2v) is 3.25. The lowest BCUT2D eigenvalue weighted by molar-refractivity contribution is -0.201. The molecule has 3 N–H and O–H groups in total. The topological polar surface area (TPSA) is 69.6 Å². The summed E-state index contributed by atoms with van der Waals surface area (Å²) in [5.74, 6) is -0.626. The maximum Gasteiger partial charge on any atom is 0.416 e.